The molecule has 27 heavy (non-hydrogen) atoms. The lowest BCUT2D eigenvalue weighted by molar-refractivity contribution is 0.266. The maximum atomic E-state index is 12.5. The number of sulfonamides is 1. The second-order valence-corrected chi connectivity index (χ2v) is 9.35. The second-order valence-electron chi connectivity index (χ2n) is 7.35. The molecule has 1 N–H and O–H groups in total. The maximum absolute atomic E-state index is 12.5. The van der Waals surface area contributed by atoms with Crippen molar-refractivity contribution in [3.05, 3.63) is 29.8 Å². The van der Waals surface area contributed by atoms with Crippen molar-refractivity contribution in [3.63, 3.8) is 0 Å². The van der Waals surface area contributed by atoms with Gasteiger partial charge in [0.2, 0.25) is 10.0 Å². The van der Waals surface area contributed by atoms with E-state index in [-0.39, 0.29) is 30.0 Å². The molecule has 1 unspecified atom stereocenters. The van der Waals surface area contributed by atoms with Gasteiger partial charge in [0.15, 0.2) is 5.96 Å². The number of nitrogens with zero attached hydrogens (tertiary/aromatic N) is 3. The minimum Gasteiger partial charge on any atom is -0.352 e. The monoisotopic (exact) mass is 508 g/mol. The molecule has 0 aromatic heterocycles. The Kier molecular flexibility index (Phi) is 9.50. The number of nitrogens with one attached hydrogen (secondary N) is 1. The van der Waals surface area contributed by atoms with Gasteiger partial charge in [0.1, 0.15) is 0 Å². The van der Waals surface area contributed by atoms with E-state index in [1.807, 2.05) is 26.0 Å². The van der Waals surface area contributed by atoms with Crippen LogP contribution in [0.5, 0.6) is 0 Å². The van der Waals surface area contributed by atoms with Gasteiger partial charge in [0.05, 0.1) is 4.90 Å². The van der Waals surface area contributed by atoms with Gasteiger partial charge < -0.3 is 10.2 Å². The van der Waals surface area contributed by atoms with Crippen LogP contribution < -0.4 is 5.32 Å². The molecule has 0 aliphatic carbocycles. The average Bonchev–Trinajstić information content (AvgIpc) is 2.62. The van der Waals surface area contributed by atoms with Gasteiger partial charge in [-0.25, -0.2) is 8.42 Å². The Balaban J connectivity index is 0.00000364. The normalized spacial score (nSPS) is 18.6. The number of hydrogen-bond acceptors (Lipinski definition) is 3. The van der Waals surface area contributed by atoms with E-state index in [0.717, 1.165) is 24.6 Å². The molecule has 6 nitrogen and oxygen atoms in total. The standard InChI is InChI=1S/C19H32N4O2S.HI/c1-15(2)22(5)26(24,25)18-10-8-17(9-11-18)13-21-19(20-4)23-12-6-7-16(3)14-23;/h8-11,15-16H,6-7,12-14H2,1-5H3,(H,20,21);1H. The topological polar surface area (TPSA) is 65.0 Å². The van der Waals surface area contributed by atoms with Crippen LogP contribution in [0.25, 0.3) is 0 Å². The maximum Gasteiger partial charge on any atom is 0.243 e. The molecule has 0 radical (unpaired) electrons. The molecular formula is C19H33IN4O2S. The van der Waals surface area contributed by atoms with Crippen LogP contribution in [0.3, 0.4) is 0 Å². The number of piperidine rings is 1. The van der Waals surface area contributed by atoms with Gasteiger partial charge in [-0.05, 0) is 50.3 Å². The Labute approximate surface area is 181 Å². The zero-order valence-corrected chi connectivity index (χ0v) is 20.1. The van der Waals surface area contributed by atoms with Crippen molar-refractivity contribution in [3.8, 4) is 0 Å². The van der Waals surface area contributed by atoms with Crippen molar-refractivity contribution < 1.29 is 8.42 Å². The Hall–Kier alpha value is -0.870. The molecule has 1 aliphatic heterocycles. The summed E-state index contributed by atoms with van der Waals surface area (Å²) in [5.41, 5.74) is 1.03. The summed E-state index contributed by atoms with van der Waals surface area (Å²) in [5.74, 6) is 1.59. The van der Waals surface area contributed by atoms with E-state index in [1.54, 1.807) is 26.2 Å². The van der Waals surface area contributed by atoms with Crippen LogP contribution in [0.4, 0.5) is 0 Å². The van der Waals surface area contributed by atoms with Gasteiger partial charge in [0.25, 0.3) is 0 Å². The largest absolute Gasteiger partial charge is 0.352 e. The van der Waals surface area contributed by atoms with Crippen LogP contribution in [0.15, 0.2) is 34.2 Å². The quantitative estimate of drug-likeness (QED) is 0.377. The lowest BCUT2D eigenvalue weighted by Crippen LogP contribution is -2.45. The van der Waals surface area contributed by atoms with Crippen LogP contribution in [0.2, 0.25) is 0 Å². The fourth-order valence-electron chi connectivity index (χ4n) is 3.12. The van der Waals surface area contributed by atoms with Gasteiger partial charge in [-0.2, -0.15) is 4.31 Å². The number of rotatable bonds is 5. The third-order valence-corrected chi connectivity index (χ3v) is 6.99. The Morgan fingerprint density at radius 1 is 1.33 bits per heavy atom. The summed E-state index contributed by atoms with van der Waals surface area (Å²) in [4.78, 5) is 7.01. The van der Waals surface area contributed by atoms with Gasteiger partial charge >= 0.3 is 0 Å². The van der Waals surface area contributed by atoms with Gasteiger partial charge in [0, 0.05) is 39.8 Å². The molecule has 0 bridgehead atoms. The van der Waals surface area contributed by atoms with Crippen LogP contribution in [-0.4, -0.2) is 56.8 Å². The van der Waals surface area contributed by atoms with Crippen molar-refractivity contribution in [2.75, 3.05) is 27.2 Å². The summed E-state index contributed by atoms with van der Waals surface area (Å²) in [6.07, 6.45) is 2.46. The fraction of sp³-hybridized carbons (Fsp3) is 0.632. The summed E-state index contributed by atoms with van der Waals surface area (Å²) in [6, 6.07) is 7.01. The minimum atomic E-state index is -3.43. The molecule has 1 aromatic rings. The first-order chi connectivity index (χ1) is 12.3. The van der Waals surface area contributed by atoms with Crippen molar-refractivity contribution in [2.45, 2.75) is 51.1 Å². The summed E-state index contributed by atoms with van der Waals surface area (Å²) in [5, 5.41) is 3.39. The number of aliphatic imine (C=N–C) groups is 1. The van der Waals surface area contributed by atoms with Crippen molar-refractivity contribution in [1.82, 2.24) is 14.5 Å². The van der Waals surface area contributed by atoms with Crippen LogP contribution in [0.1, 0.15) is 39.2 Å². The van der Waals surface area contributed by atoms with Gasteiger partial charge in [-0.1, -0.05) is 19.1 Å². The number of benzene rings is 1. The smallest absolute Gasteiger partial charge is 0.243 e. The molecule has 8 heteroatoms. The molecule has 0 spiro atoms. The Morgan fingerprint density at radius 3 is 2.48 bits per heavy atom. The molecule has 1 aliphatic rings. The summed E-state index contributed by atoms with van der Waals surface area (Å²) in [6.45, 7) is 8.68. The highest BCUT2D eigenvalue weighted by atomic mass is 127. The highest BCUT2D eigenvalue weighted by molar-refractivity contribution is 14.0. The van der Waals surface area contributed by atoms with Crippen LogP contribution in [-0.2, 0) is 16.6 Å². The SMILES string of the molecule is CN=C(NCc1ccc(S(=O)(=O)N(C)C(C)C)cc1)N1CCCC(C)C1.I. The van der Waals surface area contributed by atoms with E-state index in [4.69, 9.17) is 0 Å². The van der Waals surface area contributed by atoms with Gasteiger partial charge in [-0.3, -0.25) is 4.99 Å². The number of guanidine groups is 1. The number of halogens is 1. The number of likely N-dealkylation sites (tertiary alicyclic amines) is 1. The van der Waals surface area contributed by atoms with Crippen LogP contribution >= 0.6 is 24.0 Å². The molecule has 2 rings (SSSR count). The highest BCUT2D eigenvalue weighted by Crippen LogP contribution is 2.18. The van der Waals surface area contributed by atoms with E-state index < -0.39 is 10.0 Å². The highest BCUT2D eigenvalue weighted by Gasteiger charge is 2.23. The van der Waals surface area contributed by atoms with E-state index in [9.17, 15) is 8.42 Å². The van der Waals surface area contributed by atoms with E-state index in [1.165, 1.54) is 17.1 Å². The van der Waals surface area contributed by atoms with E-state index in [0.29, 0.717) is 17.4 Å². The van der Waals surface area contributed by atoms with Gasteiger partial charge in [-0.15, -0.1) is 24.0 Å². The first-order valence-corrected chi connectivity index (χ1v) is 10.7. The predicted octanol–water partition coefficient (Wildman–Crippen LogP) is 3.14. The lowest BCUT2D eigenvalue weighted by atomic mass is 10.0. The molecular weight excluding hydrogens is 475 g/mol. The molecule has 1 saturated heterocycles. The average molecular weight is 508 g/mol. The second kappa shape index (κ2) is 10.6. The zero-order chi connectivity index (χ0) is 19.3. The molecule has 1 atom stereocenters. The summed E-state index contributed by atoms with van der Waals surface area (Å²) in [7, 11) is -0.0185. The minimum absolute atomic E-state index is 0. The van der Waals surface area contributed by atoms with Crippen LogP contribution in [0, 0.1) is 5.92 Å². The zero-order valence-electron chi connectivity index (χ0n) is 17.0. The Bertz CT molecular complexity index is 720. The lowest BCUT2D eigenvalue weighted by Gasteiger charge is -2.33. The first kappa shape index (κ1) is 24.2. The first-order valence-electron chi connectivity index (χ1n) is 9.28. The molecule has 1 aromatic carbocycles. The van der Waals surface area contributed by atoms with Crippen molar-refractivity contribution >= 4 is 40.0 Å². The fourth-order valence-corrected chi connectivity index (χ4v) is 4.49. The molecule has 1 heterocycles. The summed E-state index contributed by atoms with van der Waals surface area (Å²) >= 11 is 0. The van der Waals surface area contributed by atoms with E-state index in [2.05, 4.69) is 22.1 Å². The summed E-state index contributed by atoms with van der Waals surface area (Å²) < 4.78 is 26.4. The van der Waals surface area contributed by atoms with Crippen molar-refractivity contribution in [1.29, 1.82) is 0 Å². The van der Waals surface area contributed by atoms with E-state index >= 15 is 0 Å². The van der Waals surface area contributed by atoms with Crippen molar-refractivity contribution in [2.24, 2.45) is 10.9 Å². The predicted molar refractivity (Wildman–Crippen MR) is 122 cm³/mol. The molecule has 154 valence electrons. The third kappa shape index (κ3) is 6.32. The molecule has 1 fully saturated rings. The third-order valence-electron chi connectivity index (χ3n) is 4.95. The molecule has 0 amide bonds. The molecule has 0 saturated carbocycles. The number of hydrogen-bond donors (Lipinski definition) is 1. The Morgan fingerprint density at radius 2 is 1.96 bits per heavy atom.